The van der Waals surface area contributed by atoms with E-state index < -0.39 is 5.41 Å². The molecule has 0 aliphatic carbocycles. The van der Waals surface area contributed by atoms with Crippen molar-refractivity contribution in [1.82, 2.24) is 30.0 Å². The second kappa shape index (κ2) is 8.27. The number of tetrazole rings is 1. The van der Waals surface area contributed by atoms with Crippen LogP contribution in [0.3, 0.4) is 0 Å². The molecule has 0 fully saturated rings. The fourth-order valence-electron chi connectivity index (χ4n) is 3.77. The number of pyridine rings is 1. The van der Waals surface area contributed by atoms with Crippen molar-refractivity contribution in [2.24, 2.45) is 0 Å². The normalized spacial score (nSPS) is 13.3. The summed E-state index contributed by atoms with van der Waals surface area (Å²) >= 11 is 0. The number of Topliss-reactive ketones (excluding diaryl/α,β-unsaturated/α-hetero) is 1. The van der Waals surface area contributed by atoms with E-state index in [2.05, 4.69) is 25.6 Å². The number of nitrogens with one attached hydrogen (secondary N) is 1. The Morgan fingerprint density at radius 2 is 2.13 bits per heavy atom. The fraction of sp³-hybridized carbons (Fsp3) is 0.318. The van der Waals surface area contributed by atoms with Crippen molar-refractivity contribution in [2.75, 3.05) is 13.2 Å². The molecule has 0 amide bonds. The number of hydrogen-bond acceptors (Lipinski definition) is 7. The van der Waals surface area contributed by atoms with E-state index in [1.54, 1.807) is 10.6 Å². The van der Waals surface area contributed by atoms with Crippen LogP contribution in [0.4, 0.5) is 0 Å². The Labute approximate surface area is 179 Å². The van der Waals surface area contributed by atoms with Crippen LogP contribution < -0.4 is 4.74 Å². The Kier molecular flexibility index (Phi) is 5.51. The number of fused-ring (bicyclic) bond motifs is 1. The standard InChI is InChI=1S/C22H24N6O3/c1-4-31-18-9-6-10-28-19(14(2)23-21(18)28)17(30)12-22(3,13-29)16-8-5-7-15(11-16)20-24-26-27-25-20/h5-11,29H,4,12-13H2,1-3H3,(H,24,25,26,27)/t22-/m0/s1. The van der Waals surface area contributed by atoms with E-state index in [1.165, 1.54) is 0 Å². The lowest BCUT2D eigenvalue weighted by molar-refractivity contribution is 0.0912. The molecule has 0 aliphatic rings. The quantitative estimate of drug-likeness (QED) is 0.421. The van der Waals surface area contributed by atoms with Crippen LogP contribution in [0.2, 0.25) is 0 Å². The van der Waals surface area contributed by atoms with Gasteiger partial charge in [-0.2, -0.15) is 5.21 Å². The summed E-state index contributed by atoms with van der Waals surface area (Å²) in [6.45, 7) is 5.89. The Balaban J connectivity index is 1.69. The van der Waals surface area contributed by atoms with Crippen molar-refractivity contribution in [3.8, 4) is 17.1 Å². The second-order valence-electron chi connectivity index (χ2n) is 7.68. The molecular weight excluding hydrogens is 396 g/mol. The topological polar surface area (TPSA) is 118 Å². The number of carbonyl (C=O) groups excluding carboxylic acids is 1. The number of rotatable bonds is 8. The van der Waals surface area contributed by atoms with Crippen LogP contribution in [0.15, 0.2) is 42.6 Å². The van der Waals surface area contributed by atoms with Crippen molar-refractivity contribution in [3.63, 3.8) is 0 Å². The van der Waals surface area contributed by atoms with E-state index in [9.17, 15) is 9.90 Å². The van der Waals surface area contributed by atoms with Gasteiger partial charge in [0.1, 0.15) is 5.69 Å². The molecule has 4 aromatic rings. The molecule has 0 radical (unpaired) electrons. The number of aliphatic hydroxyl groups is 1. The van der Waals surface area contributed by atoms with Gasteiger partial charge >= 0.3 is 0 Å². The Morgan fingerprint density at radius 3 is 2.84 bits per heavy atom. The molecule has 3 aromatic heterocycles. The van der Waals surface area contributed by atoms with Gasteiger partial charge in [-0.15, -0.1) is 10.2 Å². The molecule has 3 heterocycles. The van der Waals surface area contributed by atoms with Gasteiger partial charge in [0.25, 0.3) is 0 Å². The van der Waals surface area contributed by atoms with Crippen LogP contribution in [-0.4, -0.2) is 54.1 Å². The number of hydrogen-bond donors (Lipinski definition) is 2. The number of H-pyrrole nitrogens is 1. The molecule has 31 heavy (non-hydrogen) atoms. The highest BCUT2D eigenvalue weighted by Gasteiger charge is 2.32. The number of benzene rings is 1. The average Bonchev–Trinajstić information content (AvgIpc) is 3.42. The van der Waals surface area contributed by atoms with Gasteiger partial charge in [-0.25, -0.2) is 4.98 Å². The lowest BCUT2D eigenvalue weighted by Crippen LogP contribution is -2.30. The highest BCUT2D eigenvalue weighted by molar-refractivity contribution is 5.97. The van der Waals surface area contributed by atoms with Crippen LogP contribution in [0.5, 0.6) is 5.75 Å². The molecule has 0 saturated heterocycles. The first-order valence-electron chi connectivity index (χ1n) is 10.1. The van der Waals surface area contributed by atoms with Crippen molar-refractivity contribution in [1.29, 1.82) is 0 Å². The summed E-state index contributed by atoms with van der Waals surface area (Å²) < 4.78 is 7.41. The van der Waals surface area contributed by atoms with E-state index in [0.29, 0.717) is 35.2 Å². The smallest absolute Gasteiger partial charge is 0.204 e. The summed E-state index contributed by atoms with van der Waals surface area (Å²) in [5, 5.41) is 24.3. The molecule has 0 saturated carbocycles. The monoisotopic (exact) mass is 420 g/mol. The highest BCUT2D eigenvalue weighted by atomic mass is 16.5. The number of aryl methyl sites for hydroxylation is 1. The predicted octanol–water partition coefficient (Wildman–Crippen LogP) is 2.74. The van der Waals surface area contributed by atoms with Crippen LogP contribution in [0.25, 0.3) is 17.0 Å². The second-order valence-corrected chi connectivity index (χ2v) is 7.68. The molecule has 9 heteroatoms. The molecule has 4 rings (SSSR count). The predicted molar refractivity (Wildman–Crippen MR) is 114 cm³/mol. The lowest BCUT2D eigenvalue weighted by Gasteiger charge is -2.27. The maximum absolute atomic E-state index is 13.4. The Morgan fingerprint density at radius 1 is 1.29 bits per heavy atom. The van der Waals surface area contributed by atoms with E-state index in [4.69, 9.17) is 4.74 Å². The minimum atomic E-state index is -0.801. The summed E-state index contributed by atoms with van der Waals surface area (Å²) in [7, 11) is 0. The van der Waals surface area contributed by atoms with Crippen molar-refractivity contribution < 1.29 is 14.6 Å². The minimum absolute atomic E-state index is 0.104. The third-order valence-corrected chi connectivity index (χ3v) is 5.42. The molecule has 0 aliphatic heterocycles. The molecule has 2 N–H and O–H groups in total. The molecular formula is C22H24N6O3. The molecule has 160 valence electrons. The molecule has 9 nitrogen and oxygen atoms in total. The zero-order valence-corrected chi connectivity index (χ0v) is 17.7. The highest BCUT2D eigenvalue weighted by Crippen LogP contribution is 2.32. The maximum Gasteiger partial charge on any atom is 0.204 e. The Bertz CT molecular complexity index is 1220. The fourth-order valence-corrected chi connectivity index (χ4v) is 3.77. The van der Waals surface area contributed by atoms with E-state index in [1.807, 2.05) is 57.2 Å². The number of carbonyl (C=O) groups is 1. The summed E-state index contributed by atoms with van der Waals surface area (Å²) in [5.74, 6) is 0.972. The maximum atomic E-state index is 13.4. The molecule has 0 bridgehead atoms. The van der Waals surface area contributed by atoms with Crippen molar-refractivity contribution >= 4 is 11.4 Å². The van der Waals surface area contributed by atoms with Crippen LogP contribution >= 0.6 is 0 Å². The summed E-state index contributed by atoms with van der Waals surface area (Å²) in [5.41, 5.74) is 2.49. The van der Waals surface area contributed by atoms with Crippen molar-refractivity contribution in [2.45, 2.75) is 32.6 Å². The van der Waals surface area contributed by atoms with E-state index in [-0.39, 0.29) is 18.8 Å². The van der Waals surface area contributed by atoms with Crippen LogP contribution in [0, 0.1) is 6.92 Å². The lowest BCUT2D eigenvalue weighted by atomic mass is 9.78. The molecule has 1 atom stereocenters. The van der Waals surface area contributed by atoms with Crippen LogP contribution in [0.1, 0.15) is 42.0 Å². The van der Waals surface area contributed by atoms with Gasteiger partial charge in [0, 0.05) is 23.6 Å². The zero-order valence-electron chi connectivity index (χ0n) is 17.7. The van der Waals surface area contributed by atoms with E-state index in [0.717, 1.165) is 11.1 Å². The third kappa shape index (κ3) is 3.79. The zero-order chi connectivity index (χ0) is 22.0. The number of ketones is 1. The number of nitrogens with zero attached hydrogens (tertiary/aromatic N) is 5. The summed E-state index contributed by atoms with van der Waals surface area (Å²) in [6.07, 6.45) is 1.91. The number of ether oxygens (including phenoxy) is 1. The first-order chi connectivity index (χ1) is 15.0. The molecule has 0 spiro atoms. The molecule has 1 aromatic carbocycles. The number of aromatic nitrogens is 6. The first kappa shape index (κ1) is 20.7. The van der Waals surface area contributed by atoms with Crippen LogP contribution in [-0.2, 0) is 5.41 Å². The van der Waals surface area contributed by atoms with E-state index >= 15 is 0 Å². The third-order valence-electron chi connectivity index (χ3n) is 5.42. The number of aromatic amines is 1. The van der Waals surface area contributed by atoms with Gasteiger partial charge in [0.05, 0.1) is 18.9 Å². The van der Waals surface area contributed by atoms with Gasteiger partial charge in [-0.05, 0) is 42.8 Å². The average molecular weight is 420 g/mol. The number of imidazole rings is 1. The van der Waals surface area contributed by atoms with Gasteiger partial charge in [-0.1, -0.05) is 25.1 Å². The SMILES string of the molecule is CCOc1cccn2c(C(=O)C[C@@](C)(CO)c3cccc(-c4nn[nH]n4)c3)c(C)nc12. The van der Waals surface area contributed by atoms with Gasteiger partial charge in [0.2, 0.25) is 5.82 Å². The minimum Gasteiger partial charge on any atom is -0.490 e. The Hall–Kier alpha value is -3.59. The molecule has 0 unspecified atom stereocenters. The largest absolute Gasteiger partial charge is 0.490 e. The first-order valence-corrected chi connectivity index (χ1v) is 10.1. The number of aliphatic hydroxyl groups excluding tert-OH is 1. The van der Waals surface area contributed by atoms with Gasteiger partial charge in [-0.3, -0.25) is 9.20 Å². The van der Waals surface area contributed by atoms with Crippen molar-refractivity contribution in [3.05, 3.63) is 59.5 Å². The van der Waals surface area contributed by atoms with Gasteiger partial charge in [0.15, 0.2) is 17.2 Å². The summed E-state index contributed by atoms with van der Waals surface area (Å²) in [6, 6.07) is 11.1. The summed E-state index contributed by atoms with van der Waals surface area (Å²) in [4.78, 5) is 18.0. The van der Waals surface area contributed by atoms with Gasteiger partial charge < -0.3 is 9.84 Å².